The van der Waals surface area contributed by atoms with Crippen molar-refractivity contribution in [1.82, 2.24) is 15.5 Å². The first-order chi connectivity index (χ1) is 20.3. The van der Waals surface area contributed by atoms with E-state index in [1.54, 1.807) is 16.7 Å². The van der Waals surface area contributed by atoms with Gasteiger partial charge in [-0.05, 0) is 55.6 Å². The van der Waals surface area contributed by atoms with Gasteiger partial charge in [-0.15, -0.1) is 11.8 Å². The summed E-state index contributed by atoms with van der Waals surface area (Å²) in [6, 6.07) is 18.2. The minimum absolute atomic E-state index is 0.0144. The van der Waals surface area contributed by atoms with Gasteiger partial charge in [-0.25, -0.2) is 0 Å². The van der Waals surface area contributed by atoms with Crippen LogP contribution in [0.2, 0.25) is 0 Å². The van der Waals surface area contributed by atoms with Crippen LogP contribution < -0.4 is 10.6 Å². The molecule has 3 aliphatic heterocycles. The van der Waals surface area contributed by atoms with Gasteiger partial charge in [0, 0.05) is 17.3 Å². The van der Waals surface area contributed by atoms with Gasteiger partial charge in [0.05, 0.1) is 29.2 Å². The van der Waals surface area contributed by atoms with Crippen molar-refractivity contribution in [1.29, 1.82) is 0 Å². The molecule has 0 aliphatic carbocycles. The van der Waals surface area contributed by atoms with Crippen LogP contribution in [0.3, 0.4) is 0 Å². The van der Waals surface area contributed by atoms with E-state index in [0.29, 0.717) is 13.0 Å². The Balaban J connectivity index is 1.51. The number of carbonyl (C=O) groups is 3. The molecule has 43 heavy (non-hydrogen) atoms. The zero-order valence-corrected chi connectivity index (χ0v) is 27.1. The zero-order chi connectivity index (χ0) is 31.2. The smallest absolute Gasteiger partial charge is 0.244 e. The van der Waals surface area contributed by atoms with Crippen molar-refractivity contribution < 1.29 is 19.5 Å². The number of nitrogens with zero attached hydrogens (tertiary/aromatic N) is 1. The third-order valence-electron chi connectivity index (χ3n) is 9.40. The normalized spacial score (nSPS) is 29.0. The Hall–Kier alpha value is -2.84. The van der Waals surface area contributed by atoms with E-state index in [9.17, 15) is 19.5 Å². The van der Waals surface area contributed by atoms with Crippen LogP contribution in [0.5, 0.6) is 0 Å². The summed E-state index contributed by atoms with van der Waals surface area (Å²) in [4.78, 5) is 44.7. The number of amides is 3. The Morgan fingerprint density at radius 1 is 1.00 bits per heavy atom. The van der Waals surface area contributed by atoms with E-state index in [-0.39, 0.29) is 40.9 Å². The molecule has 0 radical (unpaired) electrons. The number of thioether (sulfide) groups is 1. The fourth-order valence-corrected chi connectivity index (χ4v) is 10.7. The fourth-order valence-electron chi connectivity index (χ4n) is 8.26. The molecule has 3 N–H and O–H groups in total. The first kappa shape index (κ1) is 31.6. The largest absolute Gasteiger partial charge is 0.394 e. The molecule has 3 fully saturated rings. The highest BCUT2D eigenvalue weighted by Gasteiger charge is 2.76. The molecule has 3 amide bonds. The number of carbonyl (C=O) groups excluding carboxylic acids is 3. The summed E-state index contributed by atoms with van der Waals surface area (Å²) in [5, 5.41) is 17.1. The molecule has 3 unspecified atom stereocenters. The van der Waals surface area contributed by atoms with E-state index < -0.39 is 34.2 Å². The molecule has 1 spiro atoms. The number of aliphatic hydroxyl groups is 1. The molecule has 7 nitrogen and oxygen atoms in total. The second-order valence-electron chi connectivity index (χ2n) is 14.6. The van der Waals surface area contributed by atoms with E-state index in [1.165, 1.54) is 0 Å². The Morgan fingerprint density at radius 2 is 1.60 bits per heavy atom. The quantitative estimate of drug-likeness (QED) is 0.369. The van der Waals surface area contributed by atoms with Crippen molar-refractivity contribution in [3.63, 3.8) is 0 Å². The highest BCUT2D eigenvalue weighted by atomic mass is 32.2. The van der Waals surface area contributed by atoms with Crippen LogP contribution in [0.4, 0.5) is 0 Å². The Morgan fingerprint density at radius 3 is 2.19 bits per heavy atom. The molecule has 7 atom stereocenters. The standard InChI is InChI=1S/C35H47N3O4S/c1-22-17-26-27(30(40)36-19-24-15-11-8-12-16-24)28-32(42)38(25(20-39)18-23-13-9-7-10-14-23)29(35(22,28)43-26)31(41)37-34(5,6)21-33(2,3)4/h7-16,22,25-29,39H,17-21H2,1-6H3,(H,36,40)(H,37,41)/t22?,25-,26+,27-,28+,29?,35?/m1/s1. The first-order valence-corrected chi connectivity index (χ1v) is 16.4. The molecule has 3 saturated heterocycles. The number of rotatable bonds is 10. The van der Waals surface area contributed by atoms with Gasteiger partial charge >= 0.3 is 0 Å². The van der Waals surface area contributed by atoms with E-state index >= 15 is 0 Å². The minimum atomic E-state index is -0.790. The number of nitrogens with one attached hydrogen (secondary N) is 2. The van der Waals surface area contributed by atoms with Gasteiger partial charge in [0.25, 0.3) is 0 Å². The summed E-state index contributed by atoms with van der Waals surface area (Å²) in [6.45, 7) is 12.8. The average Bonchev–Trinajstić information content (AvgIpc) is 3.53. The molecule has 3 heterocycles. The average molecular weight is 606 g/mol. The predicted octanol–water partition coefficient (Wildman–Crippen LogP) is 4.57. The van der Waals surface area contributed by atoms with Gasteiger partial charge < -0.3 is 20.6 Å². The van der Waals surface area contributed by atoms with Gasteiger partial charge in [-0.2, -0.15) is 0 Å². The summed E-state index contributed by atoms with van der Waals surface area (Å²) in [5.41, 5.74) is 1.46. The van der Waals surface area contributed by atoms with Crippen molar-refractivity contribution >= 4 is 29.5 Å². The number of aliphatic hydroxyl groups excluding tert-OH is 1. The molecule has 5 rings (SSSR count). The van der Waals surface area contributed by atoms with Gasteiger partial charge in [-0.1, -0.05) is 88.4 Å². The fraction of sp³-hybridized carbons (Fsp3) is 0.571. The predicted molar refractivity (Wildman–Crippen MR) is 171 cm³/mol. The van der Waals surface area contributed by atoms with Crippen molar-refractivity contribution in [2.24, 2.45) is 23.2 Å². The summed E-state index contributed by atoms with van der Waals surface area (Å²) in [5.74, 6) is -1.62. The van der Waals surface area contributed by atoms with Crippen LogP contribution in [0, 0.1) is 23.2 Å². The highest BCUT2D eigenvalue weighted by Crippen LogP contribution is 2.68. The lowest BCUT2D eigenvalue weighted by atomic mass is 9.65. The van der Waals surface area contributed by atoms with E-state index in [1.807, 2.05) is 74.5 Å². The Labute approximate surface area is 260 Å². The SMILES string of the molecule is CC1C[C@@H]2SC13C(C(=O)NC(C)(C)CC(C)(C)C)N([C@@H](CO)Cc1ccccc1)C(=O)[C@@H]3[C@@H]2C(=O)NCc1ccccc1. The topological polar surface area (TPSA) is 98.7 Å². The maximum Gasteiger partial charge on any atom is 0.244 e. The third kappa shape index (κ3) is 6.10. The van der Waals surface area contributed by atoms with E-state index in [4.69, 9.17) is 0 Å². The van der Waals surface area contributed by atoms with Crippen LogP contribution in [0.1, 0.15) is 65.5 Å². The molecular weight excluding hydrogens is 558 g/mol. The molecule has 0 saturated carbocycles. The molecule has 2 aromatic rings. The molecule has 2 bridgehead atoms. The van der Waals surface area contributed by atoms with Crippen LogP contribution >= 0.6 is 11.8 Å². The summed E-state index contributed by atoms with van der Waals surface area (Å²) in [6.07, 6.45) is 1.95. The van der Waals surface area contributed by atoms with Gasteiger partial charge in [0.1, 0.15) is 6.04 Å². The van der Waals surface area contributed by atoms with Crippen LogP contribution in [-0.4, -0.2) is 62.0 Å². The summed E-state index contributed by atoms with van der Waals surface area (Å²) in [7, 11) is 0. The lowest BCUT2D eigenvalue weighted by Crippen LogP contribution is -2.61. The van der Waals surface area contributed by atoms with Crippen molar-refractivity contribution in [2.45, 2.75) is 95.0 Å². The van der Waals surface area contributed by atoms with Crippen LogP contribution in [-0.2, 0) is 27.3 Å². The number of likely N-dealkylation sites (tertiary alicyclic amines) is 1. The Kier molecular flexibility index (Phi) is 8.76. The summed E-state index contributed by atoms with van der Waals surface area (Å²) < 4.78 is -0.748. The summed E-state index contributed by atoms with van der Waals surface area (Å²) >= 11 is 1.67. The zero-order valence-electron chi connectivity index (χ0n) is 26.3. The minimum Gasteiger partial charge on any atom is -0.394 e. The van der Waals surface area contributed by atoms with Crippen molar-refractivity contribution in [3.8, 4) is 0 Å². The lowest BCUT2D eigenvalue weighted by Gasteiger charge is -2.42. The molecule has 3 aliphatic rings. The monoisotopic (exact) mass is 605 g/mol. The molecule has 0 aromatic heterocycles. The number of benzene rings is 2. The third-order valence-corrected chi connectivity index (χ3v) is 11.5. The maximum absolute atomic E-state index is 14.6. The molecule has 2 aromatic carbocycles. The Bertz CT molecular complexity index is 1330. The number of hydrogen-bond acceptors (Lipinski definition) is 5. The maximum atomic E-state index is 14.6. The molecule has 8 heteroatoms. The van der Waals surface area contributed by atoms with Gasteiger partial charge in [-0.3, -0.25) is 14.4 Å². The van der Waals surface area contributed by atoms with Crippen molar-refractivity contribution in [2.75, 3.05) is 6.61 Å². The first-order valence-electron chi connectivity index (χ1n) is 15.6. The van der Waals surface area contributed by atoms with Crippen molar-refractivity contribution in [3.05, 3.63) is 71.8 Å². The highest BCUT2D eigenvalue weighted by molar-refractivity contribution is 8.02. The van der Waals surface area contributed by atoms with Gasteiger partial charge in [0.15, 0.2) is 0 Å². The lowest BCUT2D eigenvalue weighted by molar-refractivity contribution is -0.143. The van der Waals surface area contributed by atoms with Crippen LogP contribution in [0.15, 0.2) is 60.7 Å². The van der Waals surface area contributed by atoms with E-state index in [0.717, 1.165) is 24.0 Å². The number of hydrogen-bond donors (Lipinski definition) is 3. The number of fused-ring (bicyclic) bond motifs is 1. The molecule has 232 valence electrons. The second kappa shape index (κ2) is 11.9. The van der Waals surface area contributed by atoms with Gasteiger partial charge in [0.2, 0.25) is 17.7 Å². The van der Waals surface area contributed by atoms with E-state index in [2.05, 4.69) is 38.3 Å². The van der Waals surface area contributed by atoms with Crippen LogP contribution in [0.25, 0.3) is 0 Å². The second-order valence-corrected chi connectivity index (χ2v) is 16.2. The molecular formula is C35H47N3O4S.